The van der Waals surface area contributed by atoms with Crippen LogP contribution in [0.25, 0.3) is 0 Å². The highest BCUT2D eigenvalue weighted by Gasteiger charge is 2.25. The molecule has 1 aliphatic rings. The van der Waals surface area contributed by atoms with E-state index in [9.17, 15) is 9.59 Å². The van der Waals surface area contributed by atoms with E-state index in [1.165, 1.54) is 12.4 Å². The smallest absolute Gasteiger partial charge is 0.250 e. The summed E-state index contributed by atoms with van der Waals surface area (Å²) in [6.07, 6.45) is 9.23. The first-order valence-electron chi connectivity index (χ1n) is 8.02. The molecule has 1 saturated heterocycles. The molecule has 0 spiro atoms. The molecular weight excluding hydrogens is 294 g/mol. The molecule has 7 nitrogen and oxygen atoms in total. The van der Waals surface area contributed by atoms with Gasteiger partial charge in [-0.15, -0.1) is 0 Å². The van der Waals surface area contributed by atoms with E-state index in [1.807, 2.05) is 11.1 Å². The summed E-state index contributed by atoms with van der Waals surface area (Å²) in [7, 11) is 0. The van der Waals surface area contributed by atoms with Gasteiger partial charge in [-0.1, -0.05) is 0 Å². The van der Waals surface area contributed by atoms with E-state index >= 15 is 0 Å². The zero-order valence-electron chi connectivity index (χ0n) is 13.0. The molecular formula is C16H21N5O2. The van der Waals surface area contributed by atoms with Crippen molar-refractivity contribution in [1.29, 1.82) is 0 Å². The van der Waals surface area contributed by atoms with Crippen molar-refractivity contribution in [3.05, 3.63) is 46.4 Å². The number of carbonyl (C=O) groups excluding carboxylic acids is 1. The van der Waals surface area contributed by atoms with Gasteiger partial charge in [0, 0.05) is 37.7 Å². The maximum atomic E-state index is 12.4. The lowest BCUT2D eigenvalue weighted by molar-refractivity contribution is -0.132. The molecule has 7 heteroatoms. The van der Waals surface area contributed by atoms with Gasteiger partial charge in [-0.3, -0.25) is 14.7 Å². The topological polar surface area (TPSA) is 94.7 Å². The van der Waals surface area contributed by atoms with Gasteiger partial charge >= 0.3 is 0 Å². The molecule has 2 aromatic heterocycles. The first-order chi connectivity index (χ1) is 11.2. The third kappa shape index (κ3) is 4.06. The molecule has 3 rings (SSSR count). The number of likely N-dealkylation sites (tertiary alicyclic amines) is 1. The van der Waals surface area contributed by atoms with Crippen molar-refractivity contribution in [2.24, 2.45) is 0 Å². The maximum absolute atomic E-state index is 12.4. The predicted molar refractivity (Wildman–Crippen MR) is 84.9 cm³/mol. The predicted octanol–water partition coefficient (Wildman–Crippen LogP) is 1.22. The Hall–Kier alpha value is -2.44. The fraction of sp³-hybridized carbons (Fsp3) is 0.500. The van der Waals surface area contributed by atoms with E-state index in [4.69, 9.17) is 0 Å². The van der Waals surface area contributed by atoms with Crippen LogP contribution in [0.5, 0.6) is 0 Å². The summed E-state index contributed by atoms with van der Waals surface area (Å²) in [4.78, 5) is 32.5. The van der Waals surface area contributed by atoms with Crippen molar-refractivity contribution in [2.75, 3.05) is 13.1 Å². The highest BCUT2D eigenvalue weighted by Crippen LogP contribution is 2.25. The van der Waals surface area contributed by atoms with E-state index in [0.717, 1.165) is 43.5 Å². The first kappa shape index (κ1) is 15.5. The molecule has 122 valence electrons. The van der Waals surface area contributed by atoms with Crippen LogP contribution < -0.4 is 5.56 Å². The minimum atomic E-state index is -0.140. The number of piperidine rings is 1. The number of aromatic amines is 2. The van der Waals surface area contributed by atoms with Gasteiger partial charge in [0.25, 0.3) is 5.56 Å². The van der Waals surface area contributed by atoms with Gasteiger partial charge in [-0.25, -0.2) is 4.98 Å². The first-order valence-corrected chi connectivity index (χ1v) is 8.02. The largest absolute Gasteiger partial charge is 0.342 e. The second-order valence-corrected chi connectivity index (χ2v) is 5.98. The highest BCUT2D eigenvalue weighted by molar-refractivity contribution is 5.76. The number of amides is 1. The van der Waals surface area contributed by atoms with Crippen LogP contribution in [0.3, 0.4) is 0 Å². The van der Waals surface area contributed by atoms with Crippen LogP contribution in [0, 0.1) is 0 Å². The van der Waals surface area contributed by atoms with Crippen molar-refractivity contribution >= 4 is 5.91 Å². The van der Waals surface area contributed by atoms with Gasteiger partial charge < -0.3 is 9.88 Å². The molecule has 1 atom stereocenters. The SMILES string of the molecule is O=C(CCCc1cn[nH]c1)N1CCC[C@H](c2cc(=O)[nH]cn2)C1. The summed E-state index contributed by atoms with van der Waals surface area (Å²) in [5.41, 5.74) is 1.77. The van der Waals surface area contributed by atoms with Gasteiger partial charge in [0.2, 0.25) is 5.91 Å². The lowest BCUT2D eigenvalue weighted by Crippen LogP contribution is -2.39. The normalized spacial score (nSPS) is 18.1. The van der Waals surface area contributed by atoms with E-state index in [2.05, 4.69) is 20.2 Å². The Bertz CT molecular complexity index is 695. The number of nitrogens with zero attached hydrogens (tertiary/aromatic N) is 3. The quantitative estimate of drug-likeness (QED) is 0.867. The van der Waals surface area contributed by atoms with Crippen LogP contribution >= 0.6 is 0 Å². The molecule has 1 aliphatic heterocycles. The van der Waals surface area contributed by atoms with Crippen molar-refractivity contribution in [3.63, 3.8) is 0 Å². The lowest BCUT2D eigenvalue weighted by atomic mass is 9.94. The summed E-state index contributed by atoms with van der Waals surface area (Å²) < 4.78 is 0. The molecule has 0 saturated carbocycles. The average molecular weight is 315 g/mol. The van der Waals surface area contributed by atoms with Gasteiger partial charge in [-0.2, -0.15) is 5.10 Å². The number of carbonyl (C=O) groups is 1. The standard InChI is InChI=1S/C16H21N5O2/c22-15-7-14(17-11-18-15)13-4-2-6-21(10-13)16(23)5-1-3-12-8-19-20-9-12/h7-9,11,13H,1-6,10H2,(H,19,20)(H,17,18,22)/t13-/m0/s1. The summed E-state index contributed by atoms with van der Waals surface area (Å²) >= 11 is 0. The van der Waals surface area contributed by atoms with Gasteiger partial charge in [0.05, 0.1) is 18.2 Å². The Morgan fingerprint density at radius 2 is 2.35 bits per heavy atom. The van der Waals surface area contributed by atoms with Crippen molar-refractivity contribution < 1.29 is 4.79 Å². The van der Waals surface area contributed by atoms with E-state index in [0.29, 0.717) is 13.0 Å². The van der Waals surface area contributed by atoms with Gasteiger partial charge in [0.1, 0.15) is 0 Å². The van der Waals surface area contributed by atoms with E-state index in [1.54, 1.807) is 6.20 Å². The minimum absolute atomic E-state index is 0.140. The van der Waals surface area contributed by atoms with Crippen LogP contribution in [0.2, 0.25) is 0 Å². The number of nitrogens with one attached hydrogen (secondary N) is 2. The lowest BCUT2D eigenvalue weighted by Gasteiger charge is -2.32. The summed E-state index contributed by atoms with van der Waals surface area (Å²) in [6, 6.07) is 1.54. The number of rotatable bonds is 5. The van der Waals surface area contributed by atoms with Crippen LogP contribution in [-0.2, 0) is 11.2 Å². The second-order valence-electron chi connectivity index (χ2n) is 5.98. The molecule has 1 amide bonds. The fourth-order valence-electron chi connectivity index (χ4n) is 3.07. The van der Waals surface area contributed by atoms with Crippen molar-refractivity contribution in [1.82, 2.24) is 25.1 Å². The van der Waals surface area contributed by atoms with Crippen LogP contribution in [0.4, 0.5) is 0 Å². The number of hydrogen-bond donors (Lipinski definition) is 2. The van der Waals surface area contributed by atoms with E-state index < -0.39 is 0 Å². The molecule has 0 radical (unpaired) electrons. The van der Waals surface area contributed by atoms with Crippen LogP contribution in [0.1, 0.15) is 42.9 Å². The Balaban J connectivity index is 1.53. The maximum Gasteiger partial charge on any atom is 0.250 e. The Morgan fingerprint density at radius 1 is 1.43 bits per heavy atom. The second kappa shape index (κ2) is 7.21. The number of aryl methyl sites for hydroxylation is 1. The third-order valence-electron chi connectivity index (χ3n) is 4.30. The van der Waals surface area contributed by atoms with Crippen molar-refractivity contribution in [2.45, 2.75) is 38.0 Å². The Kier molecular flexibility index (Phi) is 4.85. The van der Waals surface area contributed by atoms with Gasteiger partial charge in [-0.05, 0) is 31.2 Å². The number of hydrogen-bond acceptors (Lipinski definition) is 4. The van der Waals surface area contributed by atoms with Crippen molar-refractivity contribution in [3.8, 4) is 0 Å². The highest BCUT2D eigenvalue weighted by atomic mass is 16.2. The van der Waals surface area contributed by atoms with Crippen LogP contribution in [-0.4, -0.2) is 44.1 Å². The third-order valence-corrected chi connectivity index (χ3v) is 4.30. The average Bonchev–Trinajstić information content (AvgIpc) is 3.08. The molecule has 3 heterocycles. The minimum Gasteiger partial charge on any atom is -0.342 e. The summed E-state index contributed by atoms with van der Waals surface area (Å²) in [5.74, 6) is 0.340. The molecule has 2 N–H and O–H groups in total. The monoisotopic (exact) mass is 315 g/mol. The Morgan fingerprint density at radius 3 is 3.13 bits per heavy atom. The molecule has 1 fully saturated rings. The van der Waals surface area contributed by atoms with Gasteiger partial charge in [0.15, 0.2) is 0 Å². The zero-order chi connectivity index (χ0) is 16.1. The molecule has 0 bridgehead atoms. The molecule has 0 aromatic carbocycles. The zero-order valence-corrected chi connectivity index (χ0v) is 13.0. The molecule has 23 heavy (non-hydrogen) atoms. The molecule has 0 aliphatic carbocycles. The Labute approximate surface area is 134 Å². The van der Waals surface area contributed by atoms with E-state index in [-0.39, 0.29) is 17.4 Å². The number of H-pyrrole nitrogens is 2. The molecule has 2 aromatic rings. The molecule has 0 unspecified atom stereocenters. The summed E-state index contributed by atoms with van der Waals surface area (Å²) in [6.45, 7) is 1.45. The number of aromatic nitrogens is 4. The van der Waals surface area contributed by atoms with Crippen LogP contribution in [0.15, 0.2) is 29.6 Å². The summed E-state index contributed by atoms with van der Waals surface area (Å²) in [5, 5.41) is 6.68. The fourth-order valence-corrected chi connectivity index (χ4v) is 3.07.